The second kappa shape index (κ2) is 8.31. The van der Waals surface area contributed by atoms with Gasteiger partial charge in [0.2, 0.25) is 11.8 Å². The van der Waals surface area contributed by atoms with Crippen LogP contribution >= 0.6 is 0 Å². The van der Waals surface area contributed by atoms with Gasteiger partial charge in [-0.3, -0.25) is 9.59 Å². The summed E-state index contributed by atoms with van der Waals surface area (Å²) in [4.78, 5) is 23.8. The molecular formula is C17H23N3O3. The van der Waals surface area contributed by atoms with Gasteiger partial charge in [-0.2, -0.15) is 5.10 Å². The molecule has 0 aromatic heterocycles. The van der Waals surface area contributed by atoms with Crippen LogP contribution in [0.1, 0.15) is 38.2 Å². The number of methoxy groups -OCH3 is 1. The fraction of sp³-hybridized carbons (Fsp3) is 0.471. The molecule has 1 aliphatic heterocycles. The van der Waals surface area contributed by atoms with E-state index < -0.39 is 0 Å². The Bertz CT molecular complexity index is 581. The number of nitrogens with one attached hydrogen (secondary N) is 1. The SMILES string of the molecule is CCCCNC(=O)CN1N=C(c2ccc(OC)cc2)CCC1=O. The van der Waals surface area contributed by atoms with E-state index >= 15 is 0 Å². The summed E-state index contributed by atoms with van der Waals surface area (Å²) in [5, 5.41) is 8.43. The van der Waals surface area contributed by atoms with Gasteiger partial charge in [0, 0.05) is 19.4 Å². The van der Waals surface area contributed by atoms with Gasteiger partial charge >= 0.3 is 0 Å². The average Bonchev–Trinajstić information content (AvgIpc) is 2.57. The molecule has 0 saturated carbocycles. The average molecular weight is 317 g/mol. The second-order valence-corrected chi connectivity index (χ2v) is 5.43. The molecule has 0 atom stereocenters. The third-order valence-electron chi connectivity index (χ3n) is 3.67. The highest BCUT2D eigenvalue weighted by molar-refractivity contribution is 6.04. The predicted octanol–water partition coefficient (Wildman–Crippen LogP) is 1.94. The Morgan fingerprint density at radius 3 is 2.70 bits per heavy atom. The molecule has 6 heteroatoms. The molecule has 0 saturated heterocycles. The van der Waals surface area contributed by atoms with Gasteiger partial charge in [0.15, 0.2) is 0 Å². The molecule has 2 rings (SSSR count). The highest BCUT2D eigenvalue weighted by Gasteiger charge is 2.23. The van der Waals surface area contributed by atoms with E-state index in [4.69, 9.17) is 4.74 Å². The lowest BCUT2D eigenvalue weighted by Crippen LogP contribution is -2.40. The summed E-state index contributed by atoms with van der Waals surface area (Å²) in [6, 6.07) is 7.53. The number of rotatable bonds is 7. The molecule has 2 amide bonds. The van der Waals surface area contributed by atoms with Gasteiger partial charge in [0.25, 0.3) is 0 Å². The van der Waals surface area contributed by atoms with Gasteiger partial charge in [0.1, 0.15) is 12.3 Å². The number of nitrogens with zero attached hydrogens (tertiary/aromatic N) is 2. The van der Waals surface area contributed by atoms with Crippen molar-refractivity contribution in [3.05, 3.63) is 29.8 Å². The number of hydrogen-bond donors (Lipinski definition) is 1. The van der Waals surface area contributed by atoms with Crippen LogP contribution in [-0.4, -0.2) is 42.7 Å². The molecule has 124 valence electrons. The van der Waals surface area contributed by atoms with Crippen molar-refractivity contribution in [1.82, 2.24) is 10.3 Å². The molecule has 1 aliphatic rings. The van der Waals surface area contributed by atoms with E-state index in [1.54, 1.807) is 7.11 Å². The minimum Gasteiger partial charge on any atom is -0.497 e. The topological polar surface area (TPSA) is 71.0 Å². The summed E-state index contributed by atoms with van der Waals surface area (Å²) >= 11 is 0. The van der Waals surface area contributed by atoms with E-state index in [0.717, 1.165) is 29.9 Å². The van der Waals surface area contributed by atoms with Gasteiger partial charge in [-0.15, -0.1) is 0 Å². The molecule has 1 aromatic carbocycles. The molecule has 0 unspecified atom stereocenters. The number of benzene rings is 1. The van der Waals surface area contributed by atoms with Crippen LogP contribution in [0.15, 0.2) is 29.4 Å². The highest BCUT2D eigenvalue weighted by atomic mass is 16.5. The Kier molecular flexibility index (Phi) is 6.14. The number of unbranched alkanes of at least 4 members (excludes halogenated alkanes) is 1. The largest absolute Gasteiger partial charge is 0.497 e. The Balaban J connectivity index is 2.03. The summed E-state index contributed by atoms with van der Waals surface area (Å²) in [7, 11) is 1.62. The van der Waals surface area contributed by atoms with E-state index in [2.05, 4.69) is 17.3 Å². The molecule has 0 spiro atoms. The lowest BCUT2D eigenvalue weighted by Gasteiger charge is -2.23. The van der Waals surface area contributed by atoms with Crippen LogP contribution in [-0.2, 0) is 9.59 Å². The van der Waals surface area contributed by atoms with Crippen molar-refractivity contribution in [1.29, 1.82) is 0 Å². The molecule has 6 nitrogen and oxygen atoms in total. The van der Waals surface area contributed by atoms with Crippen molar-refractivity contribution in [3.63, 3.8) is 0 Å². The maximum Gasteiger partial charge on any atom is 0.243 e. The van der Waals surface area contributed by atoms with Crippen LogP contribution in [0.5, 0.6) is 5.75 Å². The number of hydrazone groups is 1. The minimum atomic E-state index is -0.175. The van der Waals surface area contributed by atoms with Crippen LogP contribution in [0.25, 0.3) is 0 Å². The van der Waals surface area contributed by atoms with Crippen molar-refractivity contribution in [3.8, 4) is 5.75 Å². The monoisotopic (exact) mass is 317 g/mol. The van der Waals surface area contributed by atoms with Gasteiger partial charge in [-0.05, 0) is 36.2 Å². The number of ether oxygens (including phenoxy) is 1. The lowest BCUT2D eigenvalue weighted by atomic mass is 10.0. The van der Waals surface area contributed by atoms with Gasteiger partial charge in [0.05, 0.1) is 12.8 Å². The van der Waals surface area contributed by atoms with Gasteiger partial charge < -0.3 is 10.1 Å². The summed E-state index contributed by atoms with van der Waals surface area (Å²) < 4.78 is 5.14. The Labute approximate surface area is 136 Å². The molecule has 0 aliphatic carbocycles. The minimum absolute atomic E-state index is 0.0256. The van der Waals surface area contributed by atoms with E-state index in [1.807, 2.05) is 24.3 Å². The van der Waals surface area contributed by atoms with E-state index in [1.165, 1.54) is 5.01 Å². The van der Waals surface area contributed by atoms with Crippen LogP contribution in [0, 0.1) is 0 Å². The maximum absolute atomic E-state index is 12.0. The first-order chi connectivity index (χ1) is 11.1. The quantitative estimate of drug-likeness (QED) is 0.781. The third-order valence-corrected chi connectivity index (χ3v) is 3.67. The zero-order chi connectivity index (χ0) is 16.7. The predicted molar refractivity (Wildman–Crippen MR) is 88.4 cm³/mol. The number of carbonyl (C=O) groups is 2. The van der Waals surface area contributed by atoms with Gasteiger partial charge in [-0.1, -0.05) is 13.3 Å². The molecule has 1 aromatic rings. The first-order valence-electron chi connectivity index (χ1n) is 7.93. The summed E-state index contributed by atoms with van der Waals surface area (Å²) in [6.07, 6.45) is 2.90. The first-order valence-corrected chi connectivity index (χ1v) is 7.93. The molecule has 1 N–H and O–H groups in total. The van der Waals surface area contributed by atoms with Crippen LogP contribution < -0.4 is 10.1 Å². The molecule has 1 heterocycles. The smallest absolute Gasteiger partial charge is 0.243 e. The van der Waals surface area contributed by atoms with Gasteiger partial charge in [-0.25, -0.2) is 5.01 Å². The maximum atomic E-state index is 12.0. The van der Waals surface area contributed by atoms with Crippen LogP contribution in [0.4, 0.5) is 0 Å². The van der Waals surface area contributed by atoms with E-state index in [-0.39, 0.29) is 18.4 Å². The summed E-state index contributed by atoms with van der Waals surface area (Å²) in [5.41, 5.74) is 1.75. The molecule has 0 bridgehead atoms. The Hall–Kier alpha value is -2.37. The van der Waals surface area contributed by atoms with Crippen LogP contribution in [0.2, 0.25) is 0 Å². The third kappa shape index (κ3) is 4.81. The zero-order valence-corrected chi connectivity index (χ0v) is 13.7. The fourth-order valence-electron chi connectivity index (χ4n) is 2.31. The van der Waals surface area contributed by atoms with Crippen molar-refractivity contribution in [2.45, 2.75) is 32.6 Å². The van der Waals surface area contributed by atoms with E-state index in [0.29, 0.717) is 19.4 Å². The van der Waals surface area contributed by atoms with Crippen molar-refractivity contribution in [2.75, 3.05) is 20.2 Å². The summed E-state index contributed by atoms with van der Waals surface area (Å²) in [6.45, 7) is 2.67. The fourth-order valence-corrected chi connectivity index (χ4v) is 2.31. The normalized spacial score (nSPS) is 14.4. The van der Waals surface area contributed by atoms with Crippen molar-refractivity contribution < 1.29 is 14.3 Å². The zero-order valence-electron chi connectivity index (χ0n) is 13.7. The highest BCUT2D eigenvalue weighted by Crippen LogP contribution is 2.18. The first kappa shape index (κ1) is 17.0. The lowest BCUT2D eigenvalue weighted by molar-refractivity contribution is -0.136. The summed E-state index contributed by atoms with van der Waals surface area (Å²) in [5.74, 6) is 0.479. The van der Waals surface area contributed by atoms with Crippen molar-refractivity contribution in [2.24, 2.45) is 5.10 Å². The van der Waals surface area contributed by atoms with Crippen molar-refractivity contribution >= 4 is 17.5 Å². The molecular weight excluding hydrogens is 294 g/mol. The number of carbonyl (C=O) groups excluding carboxylic acids is 2. The standard InChI is InChI=1S/C17H23N3O3/c1-3-4-11-18-16(21)12-20-17(22)10-9-15(19-20)13-5-7-14(23-2)8-6-13/h5-8H,3-4,9-12H2,1-2H3,(H,18,21). The molecule has 0 radical (unpaired) electrons. The van der Waals surface area contributed by atoms with E-state index in [9.17, 15) is 9.59 Å². The number of hydrogen-bond acceptors (Lipinski definition) is 4. The number of amides is 2. The molecule has 23 heavy (non-hydrogen) atoms. The van der Waals surface area contributed by atoms with Crippen LogP contribution in [0.3, 0.4) is 0 Å². The second-order valence-electron chi connectivity index (χ2n) is 5.43. The molecule has 0 fully saturated rings. The Morgan fingerprint density at radius 2 is 2.04 bits per heavy atom. The Morgan fingerprint density at radius 1 is 1.30 bits per heavy atom.